The zero-order valence-electron chi connectivity index (χ0n) is 12.2. The molecule has 0 radical (unpaired) electrons. The molecule has 1 fully saturated rings. The number of hydrogen-bond donors (Lipinski definition) is 3. The lowest BCUT2D eigenvalue weighted by molar-refractivity contribution is -0.120. The van der Waals surface area contributed by atoms with Crippen molar-refractivity contribution < 1.29 is 14.3 Å². The molecular weight excluding hydrogens is 273 g/mol. The Labute approximate surface area is 123 Å². The van der Waals surface area contributed by atoms with Crippen LogP contribution in [-0.4, -0.2) is 41.7 Å². The molecule has 1 aromatic carbocycles. The van der Waals surface area contributed by atoms with Crippen molar-refractivity contribution in [1.29, 1.82) is 0 Å². The third kappa shape index (κ3) is 3.92. The summed E-state index contributed by atoms with van der Waals surface area (Å²) in [5, 5.41) is 11.7. The minimum absolute atomic E-state index is 0.155. The van der Waals surface area contributed by atoms with Crippen molar-refractivity contribution in [1.82, 2.24) is 4.90 Å². The van der Waals surface area contributed by atoms with Gasteiger partial charge in [0.1, 0.15) is 5.82 Å². The van der Waals surface area contributed by atoms with E-state index in [0.717, 1.165) is 25.9 Å². The molecule has 0 aliphatic carbocycles. The van der Waals surface area contributed by atoms with Crippen LogP contribution in [0.25, 0.3) is 0 Å². The molecule has 0 bridgehead atoms. The molecule has 1 heterocycles. The first-order valence-electron chi connectivity index (χ1n) is 7.22. The van der Waals surface area contributed by atoms with E-state index >= 15 is 0 Å². The van der Waals surface area contributed by atoms with E-state index < -0.39 is 5.82 Å². The van der Waals surface area contributed by atoms with E-state index in [1.54, 1.807) is 0 Å². The van der Waals surface area contributed by atoms with E-state index in [-0.39, 0.29) is 24.2 Å². The van der Waals surface area contributed by atoms with E-state index in [4.69, 9.17) is 10.8 Å². The summed E-state index contributed by atoms with van der Waals surface area (Å²) in [7, 11) is 0. The highest BCUT2D eigenvalue weighted by molar-refractivity contribution is 5.97. The van der Waals surface area contributed by atoms with Crippen LogP contribution in [0.5, 0.6) is 0 Å². The van der Waals surface area contributed by atoms with Gasteiger partial charge in [-0.05, 0) is 50.4 Å². The summed E-state index contributed by atoms with van der Waals surface area (Å²) in [4.78, 5) is 14.3. The van der Waals surface area contributed by atoms with Crippen LogP contribution in [0.4, 0.5) is 15.8 Å². The van der Waals surface area contributed by atoms with Crippen molar-refractivity contribution in [2.45, 2.75) is 25.8 Å². The predicted octanol–water partition coefficient (Wildman–Crippen LogP) is 1.44. The highest BCUT2D eigenvalue weighted by atomic mass is 19.1. The second-order valence-electron chi connectivity index (χ2n) is 5.56. The zero-order chi connectivity index (χ0) is 15.4. The van der Waals surface area contributed by atoms with Crippen LogP contribution < -0.4 is 11.1 Å². The Kier molecular flexibility index (Phi) is 5.14. The Morgan fingerprint density at radius 1 is 1.62 bits per heavy atom. The number of anilines is 2. The Bertz CT molecular complexity index is 510. The highest BCUT2D eigenvalue weighted by Crippen LogP contribution is 2.23. The number of aliphatic hydroxyl groups excluding tert-OH is 1. The number of nitrogens with one attached hydrogen (secondary N) is 1. The van der Waals surface area contributed by atoms with E-state index in [1.165, 1.54) is 18.2 Å². The van der Waals surface area contributed by atoms with Crippen LogP contribution in [-0.2, 0) is 4.79 Å². The van der Waals surface area contributed by atoms with Gasteiger partial charge in [-0.2, -0.15) is 0 Å². The summed E-state index contributed by atoms with van der Waals surface area (Å²) in [6, 6.07) is 3.64. The van der Waals surface area contributed by atoms with Crippen molar-refractivity contribution >= 4 is 17.3 Å². The number of nitrogen functional groups attached to an aromatic ring is 1. The molecular formula is C15H22FN3O2. The fraction of sp³-hybridized carbons (Fsp3) is 0.533. The van der Waals surface area contributed by atoms with Gasteiger partial charge >= 0.3 is 0 Å². The first-order valence-corrected chi connectivity index (χ1v) is 7.22. The minimum atomic E-state index is -0.426. The van der Waals surface area contributed by atoms with Crippen LogP contribution in [0.2, 0.25) is 0 Å². The van der Waals surface area contributed by atoms with Gasteiger partial charge in [-0.1, -0.05) is 0 Å². The smallest absolute Gasteiger partial charge is 0.241 e. The highest BCUT2D eigenvalue weighted by Gasteiger charge is 2.29. The van der Waals surface area contributed by atoms with Gasteiger partial charge in [0, 0.05) is 13.2 Å². The van der Waals surface area contributed by atoms with Crippen molar-refractivity contribution in [3.63, 3.8) is 0 Å². The van der Waals surface area contributed by atoms with Gasteiger partial charge in [-0.15, -0.1) is 0 Å². The van der Waals surface area contributed by atoms with Crippen LogP contribution in [0.15, 0.2) is 18.2 Å². The molecule has 5 nitrogen and oxygen atoms in total. The van der Waals surface area contributed by atoms with Crippen molar-refractivity contribution in [3.05, 3.63) is 24.0 Å². The van der Waals surface area contributed by atoms with Gasteiger partial charge in [0.05, 0.1) is 17.4 Å². The SMILES string of the molecule is CC(C(=O)Nc1ccc(F)cc1N)N1CCC(CCO)C1. The number of likely N-dealkylation sites (tertiary alicyclic amines) is 1. The van der Waals surface area contributed by atoms with Crippen LogP contribution >= 0.6 is 0 Å². The van der Waals surface area contributed by atoms with E-state index in [0.29, 0.717) is 11.6 Å². The van der Waals surface area contributed by atoms with Gasteiger partial charge in [0.25, 0.3) is 0 Å². The standard InChI is InChI=1S/C15H22FN3O2/c1-10(19-6-4-11(9-19)5-7-20)15(21)18-14-3-2-12(16)8-13(14)17/h2-3,8,10-11,20H,4-7,9,17H2,1H3,(H,18,21). The monoisotopic (exact) mass is 295 g/mol. The number of nitrogens with zero attached hydrogens (tertiary/aromatic N) is 1. The first-order chi connectivity index (χ1) is 10.0. The lowest BCUT2D eigenvalue weighted by Crippen LogP contribution is -2.40. The molecule has 6 heteroatoms. The quantitative estimate of drug-likeness (QED) is 0.718. The Hall–Kier alpha value is -1.66. The molecule has 0 spiro atoms. The van der Waals surface area contributed by atoms with E-state index in [2.05, 4.69) is 10.2 Å². The second kappa shape index (κ2) is 6.87. The maximum absolute atomic E-state index is 13.0. The fourth-order valence-electron chi connectivity index (χ4n) is 2.68. The molecule has 4 N–H and O–H groups in total. The summed E-state index contributed by atoms with van der Waals surface area (Å²) in [5.74, 6) is -0.135. The maximum atomic E-state index is 13.0. The number of benzene rings is 1. The molecule has 1 saturated heterocycles. The van der Waals surface area contributed by atoms with Crippen LogP contribution in [0.1, 0.15) is 19.8 Å². The number of rotatable bonds is 5. The number of carbonyl (C=O) groups excluding carboxylic acids is 1. The first kappa shape index (κ1) is 15.7. The van der Waals surface area contributed by atoms with Crippen LogP contribution in [0.3, 0.4) is 0 Å². The Morgan fingerprint density at radius 3 is 3.05 bits per heavy atom. The molecule has 21 heavy (non-hydrogen) atoms. The van der Waals surface area contributed by atoms with Gasteiger partial charge in [0.2, 0.25) is 5.91 Å². The number of nitrogens with two attached hydrogens (primary N) is 1. The Morgan fingerprint density at radius 2 is 2.38 bits per heavy atom. The molecule has 1 aromatic rings. The number of aliphatic hydroxyl groups is 1. The summed E-state index contributed by atoms with van der Waals surface area (Å²) >= 11 is 0. The lowest BCUT2D eigenvalue weighted by atomic mass is 10.1. The molecule has 0 aromatic heterocycles. The topological polar surface area (TPSA) is 78.6 Å². The van der Waals surface area contributed by atoms with Crippen molar-refractivity contribution in [2.24, 2.45) is 5.92 Å². The predicted molar refractivity (Wildman–Crippen MR) is 80.3 cm³/mol. The zero-order valence-corrected chi connectivity index (χ0v) is 12.2. The third-order valence-electron chi connectivity index (χ3n) is 4.05. The summed E-state index contributed by atoms with van der Waals surface area (Å²) in [6.45, 7) is 3.69. The summed E-state index contributed by atoms with van der Waals surface area (Å²) < 4.78 is 13.0. The molecule has 1 aliphatic rings. The average Bonchev–Trinajstić information content (AvgIpc) is 2.90. The van der Waals surface area contributed by atoms with Gasteiger partial charge in [-0.25, -0.2) is 4.39 Å². The largest absolute Gasteiger partial charge is 0.397 e. The van der Waals surface area contributed by atoms with Gasteiger partial charge in [-0.3, -0.25) is 9.69 Å². The maximum Gasteiger partial charge on any atom is 0.241 e. The van der Waals surface area contributed by atoms with E-state index in [1.807, 2.05) is 6.92 Å². The number of amides is 1. The molecule has 2 rings (SSSR count). The molecule has 2 atom stereocenters. The average molecular weight is 295 g/mol. The molecule has 2 unspecified atom stereocenters. The minimum Gasteiger partial charge on any atom is -0.397 e. The molecule has 1 amide bonds. The van der Waals surface area contributed by atoms with Gasteiger partial charge < -0.3 is 16.2 Å². The molecule has 0 saturated carbocycles. The molecule has 116 valence electrons. The van der Waals surface area contributed by atoms with Gasteiger partial charge in [0.15, 0.2) is 0 Å². The number of hydrogen-bond acceptors (Lipinski definition) is 4. The summed E-state index contributed by atoms with van der Waals surface area (Å²) in [6.07, 6.45) is 1.77. The van der Waals surface area contributed by atoms with Crippen LogP contribution in [0, 0.1) is 11.7 Å². The van der Waals surface area contributed by atoms with Crippen molar-refractivity contribution in [2.75, 3.05) is 30.7 Å². The number of carbonyl (C=O) groups is 1. The lowest BCUT2D eigenvalue weighted by Gasteiger charge is -2.23. The number of halogens is 1. The second-order valence-corrected chi connectivity index (χ2v) is 5.56. The summed E-state index contributed by atoms with van der Waals surface area (Å²) in [5.41, 5.74) is 6.34. The third-order valence-corrected chi connectivity index (χ3v) is 4.05. The van der Waals surface area contributed by atoms with E-state index in [9.17, 15) is 9.18 Å². The normalized spacial score (nSPS) is 20.4. The Balaban J connectivity index is 1.94. The fourth-order valence-corrected chi connectivity index (χ4v) is 2.68. The van der Waals surface area contributed by atoms with Crippen molar-refractivity contribution in [3.8, 4) is 0 Å². The molecule has 1 aliphatic heterocycles.